The molecular formula is C19H22F2N2O3. The Hall–Kier alpha value is -2.44. The highest BCUT2D eigenvalue weighted by Gasteiger charge is 2.45. The van der Waals surface area contributed by atoms with E-state index in [9.17, 15) is 18.4 Å². The fourth-order valence-corrected chi connectivity index (χ4v) is 3.32. The number of carbonyl (C=O) groups is 2. The Bertz CT molecular complexity index is 721. The second kappa shape index (κ2) is 7.43. The molecule has 0 saturated carbocycles. The van der Waals surface area contributed by atoms with Crippen LogP contribution in [-0.2, 0) is 22.4 Å². The monoisotopic (exact) mass is 364 g/mol. The van der Waals surface area contributed by atoms with Crippen LogP contribution >= 0.6 is 0 Å². The second-order valence-corrected chi connectivity index (χ2v) is 6.69. The van der Waals surface area contributed by atoms with E-state index in [1.54, 1.807) is 0 Å². The van der Waals surface area contributed by atoms with Crippen molar-refractivity contribution in [2.45, 2.75) is 37.6 Å². The summed E-state index contributed by atoms with van der Waals surface area (Å²) in [5.41, 5.74) is 1.91. The first-order chi connectivity index (χ1) is 12.4. The van der Waals surface area contributed by atoms with Gasteiger partial charge in [0, 0.05) is 19.5 Å². The zero-order valence-corrected chi connectivity index (χ0v) is 14.5. The highest BCUT2D eigenvalue weighted by Crippen LogP contribution is 2.29. The molecule has 1 N–H and O–H groups in total. The van der Waals surface area contributed by atoms with Gasteiger partial charge in [0.15, 0.2) is 0 Å². The Kier molecular flexibility index (Phi) is 5.25. The molecule has 1 atom stereocenters. The molecule has 0 aliphatic carbocycles. The Labute approximate surface area is 151 Å². The minimum Gasteiger partial charge on any atom is -0.493 e. The molecule has 7 heteroatoms. The molecule has 2 aliphatic rings. The lowest BCUT2D eigenvalue weighted by atomic mass is 9.98. The van der Waals surface area contributed by atoms with Crippen LogP contribution in [0.3, 0.4) is 0 Å². The summed E-state index contributed by atoms with van der Waals surface area (Å²) in [6, 6.07) is 4.23. The number of ether oxygens (including phenoxy) is 1. The van der Waals surface area contributed by atoms with Crippen LogP contribution in [0.1, 0.15) is 24.0 Å². The molecule has 2 amide bonds. The summed E-state index contributed by atoms with van der Waals surface area (Å²) in [4.78, 5) is 25.3. The average Bonchev–Trinajstić information content (AvgIpc) is 2.63. The summed E-state index contributed by atoms with van der Waals surface area (Å²) >= 11 is 0. The number of rotatable bonds is 4. The van der Waals surface area contributed by atoms with Gasteiger partial charge in [-0.25, -0.2) is 8.78 Å². The first-order valence-electron chi connectivity index (χ1n) is 8.72. The highest BCUT2D eigenvalue weighted by atomic mass is 19.3. The summed E-state index contributed by atoms with van der Waals surface area (Å²) in [5.74, 6) is -3.09. The molecule has 2 aliphatic heterocycles. The fourth-order valence-electron chi connectivity index (χ4n) is 3.32. The Balaban J connectivity index is 1.66. The van der Waals surface area contributed by atoms with Crippen LogP contribution in [0.5, 0.6) is 5.75 Å². The number of amides is 2. The fraction of sp³-hybridized carbons (Fsp3) is 0.474. The largest absolute Gasteiger partial charge is 0.493 e. The van der Waals surface area contributed by atoms with E-state index in [1.807, 2.05) is 18.2 Å². The quantitative estimate of drug-likeness (QED) is 0.833. The Morgan fingerprint density at radius 3 is 3.00 bits per heavy atom. The molecule has 0 aromatic heterocycles. The van der Waals surface area contributed by atoms with E-state index < -0.39 is 24.3 Å². The van der Waals surface area contributed by atoms with Crippen molar-refractivity contribution < 1.29 is 23.1 Å². The molecule has 1 unspecified atom stereocenters. The van der Waals surface area contributed by atoms with Crippen LogP contribution in [0.25, 0.3) is 0 Å². The van der Waals surface area contributed by atoms with Gasteiger partial charge in [-0.15, -0.1) is 0 Å². The maximum atomic E-state index is 14.0. The van der Waals surface area contributed by atoms with E-state index in [1.165, 1.54) is 4.90 Å². The van der Waals surface area contributed by atoms with Crippen LogP contribution in [0, 0.1) is 0 Å². The normalized spacial score (nSPS) is 21.3. The van der Waals surface area contributed by atoms with E-state index in [2.05, 4.69) is 11.9 Å². The number of halogens is 2. The molecule has 0 radical (unpaired) electrons. The van der Waals surface area contributed by atoms with E-state index in [4.69, 9.17) is 4.74 Å². The molecule has 1 saturated heterocycles. The predicted octanol–water partition coefficient (Wildman–Crippen LogP) is 2.09. The van der Waals surface area contributed by atoms with E-state index in [0.717, 1.165) is 35.8 Å². The third-order valence-electron chi connectivity index (χ3n) is 4.81. The van der Waals surface area contributed by atoms with Gasteiger partial charge in [-0.2, -0.15) is 0 Å². The molecule has 1 fully saturated rings. The third kappa shape index (κ3) is 4.03. The number of piperidine rings is 1. The number of hydrogen-bond acceptors (Lipinski definition) is 3. The van der Waals surface area contributed by atoms with Crippen molar-refractivity contribution in [3.63, 3.8) is 0 Å². The van der Waals surface area contributed by atoms with E-state index >= 15 is 0 Å². The predicted molar refractivity (Wildman–Crippen MR) is 92.2 cm³/mol. The van der Waals surface area contributed by atoms with Crippen molar-refractivity contribution in [3.05, 3.63) is 42.0 Å². The lowest BCUT2D eigenvalue weighted by Gasteiger charge is -2.38. The van der Waals surface area contributed by atoms with Crippen LogP contribution in [0.4, 0.5) is 8.78 Å². The van der Waals surface area contributed by atoms with Gasteiger partial charge in [0.05, 0.1) is 13.0 Å². The number of carbonyl (C=O) groups excluding carboxylic acids is 2. The van der Waals surface area contributed by atoms with Crippen molar-refractivity contribution >= 4 is 11.8 Å². The molecule has 1 aromatic rings. The van der Waals surface area contributed by atoms with Crippen molar-refractivity contribution in [1.82, 2.24) is 10.2 Å². The lowest BCUT2D eigenvalue weighted by Crippen LogP contribution is -2.59. The molecule has 26 heavy (non-hydrogen) atoms. The number of nitrogens with zero attached hydrogens (tertiary/aromatic N) is 1. The molecule has 2 heterocycles. The van der Waals surface area contributed by atoms with E-state index in [-0.39, 0.29) is 25.4 Å². The van der Waals surface area contributed by atoms with Gasteiger partial charge in [0.25, 0.3) is 5.92 Å². The SMILES string of the molecule is C=CC(=O)NC1CN(C(=O)Cc2ccc3c(c2)CCCO3)CCC1(F)F. The van der Waals surface area contributed by atoms with Crippen LogP contribution < -0.4 is 10.1 Å². The maximum absolute atomic E-state index is 14.0. The zero-order valence-electron chi connectivity index (χ0n) is 14.5. The zero-order chi connectivity index (χ0) is 18.7. The Morgan fingerprint density at radius 1 is 1.42 bits per heavy atom. The lowest BCUT2D eigenvalue weighted by molar-refractivity contribution is -0.142. The first kappa shape index (κ1) is 18.4. The van der Waals surface area contributed by atoms with Crippen LogP contribution in [0.2, 0.25) is 0 Å². The van der Waals surface area contributed by atoms with Crippen molar-refractivity contribution in [2.24, 2.45) is 0 Å². The number of fused-ring (bicyclic) bond motifs is 1. The molecule has 3 rings (SSSR count). The number of benzene rings is 1. The molecular weight excluding hydrogens is 342 g/mol. The topological polar surface area (TPSA) is 58.6 Å². The highest BCUT2D eigenvalue weighted by molar-refractivity contribution is 5.87. The summed E-state index contributed by atoms with van der Waals surface area (Å²) in [6.45, 7) is 3.73. The third-order valence-corrected chi connectivity index (χ3v) is 4.81. The van der Waals surface area contributed by atoms with Gasteiger partial charge in [-0.1, -0.05) is 18.7 Å². The smallest absolute Gasteiger partial charge is 0.271 e. The maximum Gasteiger partial charge on any atom is 0.271 e. The molecule has 0 bridgehead atoms. The first-order valence-corrected chi connectivity index (χ1v) is 8.72. The van der Waals surface area contributed by atoms with E-state index in [0.29, 0.717) is 6.61 Å². The van der Waals surface area contributed by atoms with Crippen molar-refractivity contribution in [1.29, 1.82) is 0 Å². The molecule has 5 nitrogen and oxygen atoms in total. The summed E-state index contributed by atoms with van der Waals surface area (Å²) in [7, 11) is 0. The minimum atomic E-state index is -3.04. The van der Waals surface area contributed by atoms with Gasteiger partial charge in [0.2, 0.25) is 11.8 Å². The van der Waals surface area contributed by atoms with Crippen molar-refractivity contribution in [2.75, 3.05) is 19.7 Å². The summed E-state index contributed by atoms with van der Waals surface area (Å²) < 4.78 is 33.6. The standard InChI is InChI=1S/C19H22F2N2O3/c1-2-17(24)22-16-12-23(8-7-19(16,20)21)18(25)11-13-5-6-15-14(10-13)4-3-9-26-15/h2,5-6,10,16H,1,3-4,7-9,11-12H2,(H,22,24). The van der Waals surface area contributed by atoms with Gasteiger partial charge < -0.3 is 15.0 Å². The molecule has 0 spiro atoms. The molecule has 140 valence electrons. The average molecular weight is 364 g/mol. The number of alkyl halides is 2. The summed E-state index contributed by atoms with van der Waals surface area (Å²) in [5, 5.41) is 2.23. The molecule has 1 aromatic carbocycles. The summed E-state index contributed by atoms with van der Waals surface area (Å²) in [6.07, 6.45) is 2.46. The van der Waals surface area contributed by atoms with Crippen molar-refractivity contribution in [3.8, 4) is 5.75 Å². The van der Waals surface area contributed by atoms with Gasteiger partial charge >= 0.3 is 0 Å². The number of aryl methyl sites for hydroxylation is 1. The Morgan fingerprint density at radius 2 is 2.23 bits per heavy atom. The second-order valence-electron chi connectivity index (χ2n) is 6.69. The van der Waals surface area contributed by atoms with Gasteiger partial charge in [-0.3, -0.25) is 9.59 Å². The number of likely N-dealkylation sites (tertiary alicyclic amines) is 1. The van der Waals surface area contributed by atoms with Crippen LogP contribution in [0.15, 0.2) is 30.9 Å². The van der Waals surface area contributed by atoms with Gasteiger partial charge in [-0.05, 0) is 36.1 Å². The number of hydrogen-bond donors (Lipinski definition) is 1. The number of nitrogens with one attached hydrogen (secondary N) is 1. The van der Waals surface area contributed by atoms with Crippen LogP contribution in [-0.4, -0.2) is 48.4 Å². The minimum absolute atomic E-state index is 0.0274. The van der Waals surface area contributed by atoms with Gasteiger partial charge in [0.1, 0.15) is 11.8 Å².